The summed E-state index contributed by atoms with van der Waals surface area (Å²) >= 11 is 0. The minimum atomic E-state index is 0.382. The third-order valence-electron chi connectivity index (χ3n) is 6.40. The fraction of sp³-hybridized carbons (Fsp3) is 0.818. The van der Waals surface area contributed by atoms with Crippen LogP contribution >= 0.6 is 0 Å². The van der Waals surface area contributed by atoms with Crippen LogP contribution in [0, 0.1) is 11.3 Å². The Morgan fingerprint density at radius 1 is 0.833 bits per heavy atom. The van der Waals surface area contributed by atoms with Crippen LogP contribution in [0.25, 0.3) is 0 Å². The molecule has 0 radical (unpaired) electrons. The number of hydrogen-bond acceptors (Lipinski definition) is 2. The summed E-state index contributed by atoms with van der Waals surface area (Å²) in [5.74, 6) is 0.770. The molecule has 1 unspecified atom stereocenters. The van der Waals surface area contributed by atoms with Gasteiger partial charge in [0.05, 0.1) is 0 Å². The Balaban J connectivity index is 1.56. The summed E-state index contributed by atoms with van der Waals surface area (Å²) in [6.45, 7) is 0.857. The van der Waals surface area contributed by atoms with E-state index in [1.807, 2.05) is 0 Å². The van der Waals surface area contributed by atoms with Crippen LogP contribution in [0.15, 0.2) is 24.3 Å². The first kappa shape index (κ1) is 19.7. The minimum Gasteiger partial charge on any atom is -0.330 e. The Morgan fingerprint density at radius 3 is 2.12 bits per heavy atom. The average Bonchev–Trinajstić information content (AvgIpc) is 2.65. The molecule has 0 aromatic carbocycles. The van der Waals surface area contributed by atoms with Gasteiger partial charge in [-0.25, -0.2) is 0 Å². The van der Waals surface area contributed by atoms with E-state index in [0.29, 0.717) is 11.5 Å². The highest BCUT2D eigenvalue weighted by molar-refractivity contribution is 4.95. The van der Waals surface area contributed by atoms with E-state index < -0.39 is 0 Å². The van der Waals surface area contributed by atoms with Crippen LogP contribution < -0.4 is 11.5 Å². The molecule has 2 nitrogen and oxygen atoms in total. The molecule has 2 aliphatic carbocycles. The first-order chi connectivity index (χ1) is 11.8. The van der Waals surface area contributed by atoms with Gasteiger partial charge >= 0.3 is 0 Å². The maximum atomic E-state index is 6.35. The first-order valence-electron chi connectivity index (χ1n) is 10.5. The lowest BCUT2D eigenvalue weighted by atomic mass is 9.72. The molecule has 24 heavy (non-hydrogen) atoms. The molecule has 0 spiro atoms. The molecule has 2 heteroatoms. The fourth-order valence-corrected chi connectivity index (χ4v) is 4.56. The van der Waals surface area contributed by atoms with Crippen molar-refractivity contribution in [2.45, 2.75) is 95.9 Å². The molecular weight excluding hydrogens is 292 g/mol. The smallest absolute Gasteiger partial charge is 0.0102 e. The highest BCUT2D eigenvalue weighted by atomic mass is 14.6. The van der Waals surface area contributed by atoms with Gasteiger partial charge in [-0.1, -0.05) is 62.8 Å². The van der Waals surface area contributed by atoms with Crippen molar-refractivity contribution >= 4 is 0 Å². The van der Waals surface area contributed by atoms with Crippen LogP contribution in [-0.4, -0.2) is 12.6 Å². The molecule has 0 bridgehead atoms. The summed E-state index contributed by atoms with van der Waals surface area (Å²) in [6, 6.07) is 0.382. The second-order valence-corrected chi connectivity index (χ2v) is 8.29. The standard InChI is InChI=1S/C22H40N2/c23-19-22(17-11-6-12-18-22)16-10-4-2-1-3-9-15-21(24)20-13-7-5-8-14-20/h3-4,9-10,20-21H,1-2,5-8,11-19,23-24H2. The van der Waals surface area contributed by atoms with E-state index in [0.717, 1.165) is 31.7 Å². The van der Waals surface area contributed by atoms with Gasteiger partial charge in [-0.15, -0.1) is 0 Å². The molecule has 0 amide bonds. The minimum absolute atomic E-state index is 0.382. The summed E-state index contributed by atoms with van der Waals surface area (Å²) < 4.78 is 0. The third kappa shape index (κ3) is 6.72. The number of hydrogen-bond donors (Lipinski definition) is 2. The number of rotatable bonds is 9. The van der Waals surface area contributed by atoms with Crippen LogP contribution in [0.1, 0.15) is 89.9 Å². The SMILES string of the molecule is NCC1(CC=CCCC=CCC(N)C2CCCCC2)CCCCC1. The van der Waals surface area contributed by atoms with Gasteiger partial charge in [0.1, 0.15) is 0 Å². The Labute approximate surface area is 150 Å². The second-order valence-electron chi connectivity index (χ2n) is 8.29. The molecule has 2 rings (SSSR count). The van der Waals surface area contributed by atoms with Crippen molar-refractivity contribution in [1.82, 2.24) is 0 Å². The third-order valence-corrected chi connectivity index (χ3v) is 6.40. The number of unbranched alkanes of at least 4 members (excludes halogenated alkanes) is 1. The van der Waals surface area contributed by atoms with Gasteiger partial charge < -0.3 is 11.5 Å². The Morgan fingerprint density at radius 2 is 1.46 bits per heavy atom. The molecule has 0 saturated heterocycles. The van der Waals surface area contributed by atoms with Gasteiger partial charge in [-0.2, -0.15) is 0 Å². The van der Waals surface area contributed by atoms with Crippen molar-refractivity contribution < 1.29 is 0 Å². The van der Waals surface area contributed by atoms with E-state index in [-0.39, 0.29) is 0 Å². The second kappa shape index (κ2) is 11.1. The van der Waals surface area contributed by atoms with Gasteiger partial charge in [0.15, 0.2) is 0 Å². The van der Waals surface area contributed by atoms with Gasteiger partial charge in [0.25, 0.3) is 0 Å². The van der Waals surface area contributed by atoms with E-state index >= 15 is 0 Å². The van der Waals surface area contributed by atoms with Crippen molar-refractivity contribution in [3.63, 3.8) is 0 Å². The largest absolute Gasteiger partial charge is 0.330 e. The van der Waals surface area contributed by atoms with Crippen molar-refractivity contribution in [2.75, 3.05) is 6.54 Å². The summed E-state index contributed by atoms with van der Waals surface area (Å²) in [5, 5.41) is 0. The fourth-order valence-electron chi connectivity index (χ4n) is 4.56. The monoisotopic (exact) mass is 332 g/mol. The molecule has 0 heterocycles. The summed E-state index contributed by atoms with van der Waals surface area (Å²) in [6.07, 6.45) is 27.6. The van der Waals surface area contributed by atoms with Gasteiger partial charge in [-0.05, 0) is 69.2 Å². The highest BCUT2D eigenvalue weighted by Crippen LogP contribution is 2.38. The predicted octanol–water partition coefficient (Wildman–Crippen LogP) is 5.48. The van der Waals surface area contributed by atoms with Crippen LogP contribution in [0.2, 0.25) is 0 Å². The van der Waals surface area contributed by atoms with Gasteiger partial charge in [-0.3, -0.25) is 0 Å². The van der Waals surface area contributed by atoms with Crippen LogP contribution in [-0.2, 0) is 0 Å². The van der Waals surface area contributed by atoms with Gasteiger partial charge in [0.2, 0.25) is 0 Å². The first-order valence-corrected chi connectivity index (χ1v) is 10.5. The predicted molar refractivity (Wildman–Crippen MR) is 106 cm³/mol. The Hall–Kier alpha value is -0.600. The lowest BCUT2D eigenvalue weighted by Crippen LogP contribution is -2.32. The van der Waals surface area contributed by atoms with Crippen molar-refractivity contribution in [3.05, 3.63) is 24.3 Å². The molecule has 2 saturated carbocycles. The zero-order valence-corrected chi connectivity index (χ0v) is 15.7. The Kier molecular flexibility index (Phi) is 9.12. The molecule has 138 valence electrons. The average molecular weight is 333 g/mol. The van der Waals surface area contributed by atoms with E-state index in [2.05, 4.69) is 24.3 Å². The van der Waals surface area contributed by atoms with Crippen molar-refractivity contribution in [2.24, 2.45) is 22.8 Å². The summed E-state index contributed by atoms with van der Waals surface area (Å²) in [7, 11) is 0. The topological polar surface area (TPSA) is 52.0 Å². The number of nitrogens with two attached hydrogens (primary N) is 2. The van der Waals surface area contributed by atoms with E-state index in [1.54, 1.807) is 0 Å². The lowest BCUT2D eigenvalue weighted by Gasteiger charge is -2.35. The highest BCUT2D eigenvalue weighted by Gasteiger charge is 2.28. The van der Waals surface area contributed by atoms with Crippen molar-refractivity contribution in [3.8, 4) is 0 Å². The van der Waals surface area contributed by atoms with E-state index in [4.69, 9.17) is 11.5 Å². The molecule has 4 N–H and O–H groups in total. The zero-order valence-electron chi connectivity index (χ0n) is 15.7. The van der Waals surface area contributed by atoms with E-state index in [9.17, 15) is 0 Å². The maximum absolute atomic E-state index is 6.35. The molecule has 0 aromatic heterocycles. The molecular formula is C22H40N2. The number of allylic oxidation sites excluding steroid dienone is 3. The molecule has 0 aliphatic heterocycles. The summed E-state index contributed by atoms with van der Waals surface area (Å²) in [4.78, 5) is 0. The molecule has 2 aliphatic rings. The van der Waals surface area contributed by atoms with Gasteiger partial charge in [0, 0.05) is 6.04 Å². The quantitative estimate of drug-likeness (QED) is 0.434. The van der Waals surface area contributed by atoms with Crippen LogP contribution in [0.3, 0.4) is 0 Å². The van der Waals surface area contributed by atoms with Crippen LogP contribution in [0.5, 0.6) is 0 Å². The van der Waals surface area contributed by atoms with Crippen LogP contribution in [0.4, 0.5) is 0 Å². The normalized spacial score (nSPS) is 23.9. The lowest BCUT2D eigenvalue weighted by molar-refractivity contribution is 0.201. The molecule has 0 aromatic rings. The summed E-state index contributed by atoms with van der Waals surface area (Å²) in [5.41, 5.74) is 12.8. The molecule has 1 atom stereocenters. The maximum Gasteiger partial charge on any atom is 0.0102 e. The molecule has 2 fully saturated rings. The zero-order chi connectivity index (χ0) is 17.1. The van der Waals surface area contributed by atoms with E-state index in [1.165, 1.54) is 70.6 Å². The Bertz CT molecular complexity index is 373. The van der Waals surface area contributed by atoms with Crippen molar-refractivity contribution in [1.29, 1.82) is 0 Å².